The molecule has 1 fully saturated rings. The van der Waals surface area contributed by atoms with Crippen molar-refractivity contribution in [2.24, 2.45) is 5.41 Å². The Balaban J connectivity index is 1.32. The largest absolute Gasteiger partial charge is 0.480 e. The maximum absolute atomic E-state index is 12.4. The van der Waals surface area contributed by atoms with Crippen LogP contribution < -0.4 is 10.6 Å². The zero-order valence-electron chi connectivity index (χ0n) is 17.2. The number of ether oxygens (including phenoxy) is 1. The lowest BCUT2D eigenvalue weighted by atomic mass is 9.66. The molecule has 0 atom stereocenters. The molecule has 162 valence electrons. The maximum atomic E-state index is 12.4. The Labute approximate surface area is 180 Å². The van der Waals surface area contributed by atoms with Crippen molar-refractivity contribution in [1.82, 2.24) is 10.6 Å². The molecule has 7 heteroatoms. The van der Waals surface area contributed by atoms with Crippen molar-refractivity contribution in [2.45, 2.75) is 31.6 Å². The van der Waals surface area contributed by atoms with E-state index < -0.39 is 18.6 Å². The van der Waals surface area contributed by atoms with Gasteiger partial charge in [-0.1, -0.05) is 55.0 Å². The van der Waals surface area contributed by atoms with Gasteiger partial charge < -0.3 is 20.5 Å². The number of carboxylic acids is 1. The normalized spacial score (nSPS) is 15.9. The summed E-state index contributed by atoms with van der Waals surface area (Å²) in [5.74, 6) is -1.39. The van der Waals surface area contributed by atoms with Crippen molar-refractivity contribution in [3.05, 3.63) is 59.7 Å². The van der Waals surface area contributed by atoms with Gasteiger partial charge in [0.15, 0.2) is 0 Å². The Hall–Kier alpha value is -3.35. The van der Waals surface area contributed by atoms with Gasteiger partial charge in [-0.2, -0.15) is 0 Å². The van der Waals surface area contributed by atoms with E-state index in [4.69, 9.17) is 9.84 Å². The minimum atomic E-state index is -1.08. The number of carboxylic acid groups (broad SMARTS) is 1. The molecular weight excluding hydrogens is 396 g/mol. The average Bonchev–Trinajstić information content (AvgIpc) is 3.06. The molecule has 0 radical (unpaired) electrons. The molecule has 0 spiro atoms. The lowest BCUT2D eigenvalue weighted by molar-refractivity contribution is -0.138. The van der Waals surface area contributed by atoms with E-state index >= 15 is 0 Å². The van der Waals surface area contributed by atoms with E-state index in [0.29, 0.717) is 6.54 Å². The van der Waals surface area contributed by atoms with Crippen LogP contribution in [0.25, 0.3) is 11.1 Å². The van der Waals surface area contributed by atoms with Crippen LogP contribution in [0.2, 0.25) is 0 Å². The van der Waals surface area contributed by atoms with Gasteiger partial charge >= 0.3 is 12.1 Å². The summed E-state index contributed by atoms with van der Waals surface area (Å²) in [6, 6.07) is 16.3. The highest BCUT2D eigenvalue weighted by molar-refractivity contribution is 5.82. The summed E-state index contributed by atoms with van der Waals surface area (Å²) in [5.41, 5.74) is 4.33. The van der Waals surface area contributed by atoms with Gasteiger partial charge in [0.05, 0.1) is 0 Å². The van der Waals surface area contributed by atoms with Crippen LogP contribution in [-0.4, -0.2) is 42.8 Å². The summed E-state index contributed by atoms with van der Waals surface area (Å²) in [7, 11) is 0. The second kappa shape index (κ2) is 8.79. The van der Waals surface area contributed by atoms with E-state index in [2.05, 4.69) is 34.9 Å². The summed E-state index contributed by atoms with van der Waals surface area (Å²) in [5, 5.41) is 13.9. The topological polar surface area (TPSA) is 105 Å². The fourth-order valence-electron chi connectivity index (χ4n) is 4.58. The van der Waals surface area contributed by atoms with Crippen LogP contribution in [0.1, 0.15) is 42.7 Å². The van der Waals surface area contributed by atoms with Crippen LogP contribution >= 0.6 is 0 Å². The molecule has 0 bridgehead atoms. The van der Waals surface area contributed by atoms with Crippen molar-refractivity contribution >= 4 is 18.0 Å². The van der Waals surface area contributed by atoms with E-state index in [1.807, 2.05) is 24.3 Å². The first-order chi connectivity index (χ1) is 15.0. The number of hydrogen-bond acceptors (Lipinski definition) is 4. The molecule has 3 N–H and O–H groups in total. The standard InChI is InChI=1S/C24H26N2O5/c27-21(25-13-22(28)29)12-24(10-5-11-24)15-26-23(30)31-14-20-18-8-3-1-6-16(18)17-7-2-4-9-19(17)20/h1-4,6-9,20H,5,10-15H2,(H,25,27)(H,26,30)(H,28,29). The summed E-state index contributed by atoms with van der Waals surface area (Å²) in [4.78, 5) is 35.0. The third-order valence-corrected chi connectivity index (χ3v) is 6.34. The molecule has 0 unspecified atom stereocenters. The highest BCUT2D eigenvalue weighted by atomic mass is 16.5. The Bertz CT molecular complexity index is 953. The van der Waals surface area contributed by atoms with E-state index in [1.54, 1.807) is 0 Å². The average molecular weight is 422 g/mol. The second-order valence-electron chi connectivity index (χ2n) is 8.38. The number of fused-ring (bicyclic) bond motifs is 3. The number of hydrogen-bond donors (Lipinski definition) is 3. The number of rotatable bonds is 8. The third kappa shape index (κ3) is 4.55. The van der Waals surface area contributed by atoms with E-state index in [-0.39, 0.29) is 30.3 Å². The number of benzene rings is 2. The molecule has 0 aromatic heterocycles. The molecule has 2 aliphatic rings. The molecule has 0 heterocycles. The Kier molecular flexibility index (Phi) is 5.93. The van der Waals surface area contributed by atoms with Crippen molar-refractivity contribution in [1.29, 1.82) is 0 Å². The fraction of sp³-hybridized carbons (Fsp3) is 0.375. The molecule has 4 rings (SSSR count). The van der Waals surface area contributed by atoms with E-state index in [9.17, 15) is 14.4 Å². The fourth-order valence-corrected chi connectivity index (χ4v) is 4.58. The summed E-state index contributed by atoms with van der Waals surface area (Å²) >= 11 is 0. The van der Waals surface area contributed by atoms with Crippen LogP contribution in [-0.2, 0) is 14.3 Å². The first-order valence-corrected chi connectivity index (χ1v) is 10.5. The summed E-state index contributed by atoms with van der Waals surface area (Å²) < 4.78 is 5.56. The Morgan fingerprint density at radius 3 is 2.13 bits per heavy atom. The lowest BCUT2D eigenvalue weighted by Gasteiger charge is -2.41. The number of nitrogens with one attached hydrogen (secondary N) is 2. The molecule has 2 aromatic carbocycles. The molecule has 0 saturated heterocycles. The Morgan fingerprint density at radius 2 is 1.58 bits per heavy atom. The van der Waals surface area contributed by atoms with Gasteiger partial charge in [0.1, 0.15) is 13.2 Å². The smallest absolute Gasteiger partial charge is 0.407 e. The number of aliphatic carboxylic acids is 1. The van der Waals surface area contributed by atoms with Gasteiger partial charge in [0.25, 0.3) is 0 Å². The summed E-state index contributed by atoms with van der Waals surface area (Å²) in [6.45, 7) is 0.185. The van der Waals surface area contributed by atoms with Crippen LogP contribution in [0, 0.1) is 5.41 Å². The van der Waals surface area contributed by atoms with Crippen molar-refractivity contribution < 1.29 is 24.2 Å². The molecular formula is C24H26N2O5. The van der Waals surface area contributed by atoms with Crippen molar-refractivity contribution in [3.63, 3.8) is 0 Å². The highest BCUT2D eigenvalue weighted by Gasteiger charge is 2.39. The van der Waals surface area contributed by atoms with Gasteiger partial charge in [0.2, 0.25) is 5.91 Å². The number of carbonyl (C=O) groups excluding carboxylic acids is 2. The Morgan fingerprint density at radius 1 is 0.968 bits per heavy atom. The van der Waals surface area contributed by atoms with Gasteiger partial charge in [-0.25, -0.2) is 4.79 Å². The zero-order chi connectivity index (χ0) is 21.8. The van der Waals surface area contributed by atoms with Crippen LogP contribution in [0.3, 0.4) is 0 Å². The first-order valence-electron chi connectivity index (χ1n) is 10.5. The molecule has 1 saturated carbocycles. The third-order valence-electron chi connectivity index (χ3n) is 6.34. The van der Waals surface area contributed by atoms with Crippen LogP contribution in [0.5, 0.6) is 0 Å². The molecule has 0 aliphatic heterocycles. The van der Waals surface area contributed by atoms with Gasteiger partial charge in [-0.15, -0.1) is 0 Å². The van der Waals surface area contributed by atoms with Crippen LogP contribution in [0.4, 0.5) is 4.79 Å². The van der Waals surface area contributed by atoms with Gasteiger partial charge in [0, 0.05) is 18.9 Å². The predicted octanol–water partition coefficient (Wildman–Crippen LogP) is 3.29. The monoisotopic (exact) mass is 422 g/mol. The molecule has 2 aromatic rings. The zero-order valence-corrected chi connectivity index (χ0v) is 17.2. The predicted molar refractivity (Wildman–Crippen MR) is 115 cm³/mol. The minimum Gasteiger partial charge on any atom is -0.480 e. The van der Waals surface area contributed by atoms with Crippen molar-refractivity contribution in [2.75, 3.05) is 19.7 Å². The van der Waals surface area contributed by atoms with Crippen molar-refractivity contribution in [3.8, 4) is 11.1 Å². The molecule has 31 heavy (non-hydrogen) atoms. The minimum absolute atomic E-state index is 0.00221. The lowest BCUT2D eigenvalue weighted by Crippen LogP contribution is -2.46. The number of alkyl carbamates (subject to hydrolysis) is 1. The van der Waals surface area contributed by atoms with E-state index in [0.717, 1.165) is 30.4 Å². The van der Waals surface area contributed by atoms with E-state index in [1.165, 1.54) is 11.1 Å². The molecule has 2 amide bonds. The van der Waals surface area contributed by atoms with Crippen LogP contribution in [0.15, 0.2) is 48.5 Å². The van der Waals surface area contributed by atoms with Gasteiger partial charge in [-0.3, -0.25) is 9.59 Å². The summed E-state index contributed by atoms with van der Waals surface area (Å²) in [6.07, 6.45) is 2.32. The highest BCUT2D eigenvalue weighted by Crippen LogP contribution is 2.45. The SMILES string of the molecule is O=C(O)CNC(=O)CC1(CNC(=O)OCC2c3ccccc3-c3ccccc32)CCC1. The first kappa shape index (κ1) is 20.9. The molecule has 7 nitrogen and oxygen atoms in total. The maximum Gasteiger partial charge on any atom is 0.407 e. The quantitative estimate of drug-likeness (QED) is 0.606. The second-order valence-corrected chi connectivity index (χ2v) is 8.38. The van der Waals surface area contributed by atoms with Gasteiger partial charge in [-0.05, 0) is 40.5 Å². The number of amides is 2. The molecule has 2 aliphatic carbocycles. The number of carbonyl (C=O) groups is 3.